The lowest BCUT2D eigenvalue weighted by Crippen LogP contribution is -2.47. The Bertz CT molecular complexity index is 599. The molecule has 0 aromatic carbocycles. The molecule has 2 saturated heterocycles. The van der Waals surface area contributed by atoms with Crippen molar-refractivity contribution in [3.63, 3.8) is 0 Å². The first-order chi connectivity index (χ1) is 11.7. The van der Waals surface area contributed by atoms with Crippen LogP contribution in [0.4, 0.5) is 9.59 Å². The van der Waals surface area contributed by atoms with Gasteiger partial charge in [-0.1, -0.05) is 13.8 Å². The quantitative estimate of drug-likeness (QED) is 0.647. The number of nitrogens with zero attached hydrogens (tertiary/aromatic N) is 3. The van der Waals surface area contributed by atoms with Crippen LogP contribution >= 0.6 is 0 Å². The van der Waals surface area contributed by atoms with E-state index in [1.165, 1.54) is 4.90 Å². The van der Waals surface area contributed by atoms with Crippen molar-refractivity contribution in [3.05, 3.63) is 0 Å². The molecule has 26 heavy (non-hydrogen) atoms. The van der Waals surface area contributed by atoms with Gasteiger partial charge in [0.15, 0.2) is 0 Å². The van der Waals surface area contributed by atoms with Gasteiger partial charge in [0, 0.05) is 6.54 Å². The maximum atomic E-state index is 12.7. The number of amides is 2. The van der Waals surface area contributed by atoms with Crippen molar-refractivity contribution in [1.29, 1.82) is 0 Å². The molecule has 0 aromatic heterocycles. The number of aliphatic imine (C=N–C) groups is 1. The van der Waals surface area contributed by atoms with Gasteiger partial charge in [0.05, 0.1) is 12.6 Å². The van der Waals surface area contributed by atoms with Gasteiger partial charge in [0.25, 0.3) is 0 Å². The van der Waals surface area contributed by atoms with E-state index < -0.39 is 23.4 Å². The van der Waals surface area contributed by atoms with Crippen LogP contribution in [-0.2, 0) is 9.47 Å². The minimum Gasteiger partial charge on any atom is -0.443 e. The van der Waals surface area contributed by atoms with Gasteiger partial charge in [-0.3, -0.25) is 0 Å². The van der Waals surface area contributed by atoms with Crippen LogP contribution in [-0.4, -0.2) is 58.3 Å². The van der Waals surface area contributed by atoms with Crippen LogP contribution in [0.25, 0.3) is 0 Å². The van der Waals surface area contributed by atoms with E-state index in [-0.39, 0.29) is 11.5 Å². The fourth-order valence-electron chi connectivity index (χ4n) is 3.22. The lowest BCUT2D eigenvalue weighted by Gasteiger charge is -2.40. The second kappa shape index (κ2) is 6.74. The van der Waals surface area contributed by atoms with Gasteiger partial charge in [-0.25, -0.2) is 14.5 Å². The summed E-state index contributed by atoms with van der Waals surface area (Å²) in [7, 11) is 0. The van der Waals surface area contributed by atoms with Crippen molar-refractivity contribution in [1.82, 2.24) is 9.80 Å². The average Bonchev–Trinajstić information content (AvgIpc) is 2.71. The molecular weight excluding hydrogens is 334 g/mol. The molecule has 2 fully saturated rings. The van der Waals surface area contributed by atoms with Crippen LogP contribution in [0.1, 0.15) is 68.2 Å². The number of rotatable bonds is 0. The van der Waals surface area contributed by atoms with Crippen molar-refractivity contribution < 1.29 is 19.1 Å². The number of fused-ring (bicyclic) bond motifs is 1. The van der Waals surface area contributed by atoms with Gasteiger partial charge < -0.3 is 14.4 Å². The standard InChI is InChI=1S/C19H33N3O4/c1-17(2,3)25-15(23)20-14-21(16(24)26-18(4,5)6)11-13-9-10-19(7,8)12-22(13)14/h13H,9-12H2,1-8H3/b20-14-. The Kier molecular flexibility index (Phi) is 5.32. The summed E-state index contributed by atoms with van der Waals surface area (Å²) in [6, 6.07) is 0.150. The summed E-state index contributed by atoms with van der Waals surface area (Å²) in [5.74, 6) is 0.339. The molecule has 0 N–H and O–H groups in total. The van der Waals surface area contributed by atoms with Crippen LogP contribution in [0.3, 0.4) is 0 Å². The third-order valence-corrected chi connectivity index (χ3v) is 4.28. The first-order valence-corrected chi connectivity index (χ1v) is 9.26. The molecule has 0 radical (unpaired) electrons. The lowest BCUT2D eigenvalue weighted by atomic mass is 9.82. The molecule has 7 nitrogen and oxygen atoms in total. The number of hydrogen-bond acceptors (Lipinski definition) is 4. The number of hydrogen-bond donors (Lipinski definition) is 0. The molecule has 2 heterocycles. The topological polar surface area (TPSA) is 71.4 Å². The first-order valence-electron chi connectivity index (χ1n) is 9.26. The molecule has 1 unspecified atom stereocenters. The normalized spacial score (nSPS) is 24.5. The zero-order valence-electron chi connectivity index (χ0n) is 17.4. The largest absolute Gasteiger partial charge is 0.443 e. The van der Waals surface area contributed by atoms with Crippen molar-refractivity contribution in [2.45, 2.75) is 85.5 Å². The van der Waals surface area contributed by atoms with E-state index in [4.69, 9.17) is 9.47 Å². The number of ether oxygens (including phenoxy) is 2. The van der Waals surface area contributed by atoms with E-state index in [1.54, 1.807) is 20.8 Å². The monoisotopic (exact) mass is 367 g/mol. The van der Waals surface area contributed by atoms with E-state index in [0.29, 0.717) is 12.5 Å². The van der Waals surface area contributed by atoms with E-state index in [2.05, 4.69) is 23.7 Å². The maximum absolute atomic E-state index is 12.7. The Morgan fingerprint density at radius 2 is 1.65 bits per heavy atom. The molecule has 2 aliphatic heterocycles. The Labute approximate surface area is 156 Å². The Morgan fingerprint density at radius 1 is 1.08 bits per heavy atom. The van der Waals surface area contributed by atoms with Crippen molar-refractivity contribution >= 4 is 18.1 Å². The van der Waals surface area contributed by atoms with Gasteiger partial charge in [-0.05, 0) is 59.8 Å². The van der Waals surface area contributed by atoms with E-state index in [0.717, 1.165) is 19.4 Å². The molecule has 0 spiro atoms. The highest BCUT2D eigenvalue weighted by molar-refractivity contribution is 6.00. The van der Waals surface area contributed by atoms with E-state index in [1.807, 2.05) is 20.8 Å². The molecule has 0 saturated carbocycles. The maximum Gasteiger partial charge on any atom is 0.437 e. The average molecular weight is 367 g/mol. The molecule has 1 atom stereocenters. The number of carbonyl (C=O) groups is 2. The predicted octanol–water partition coefficient (Wildman–Crippen LogP) is 4.02. The second-order valence-corrected chi connectivity index (χ2v) is 9.97. The minimum absolute atomic E-state index is 0.0924. The summed E-state index contributed by atoms with van der Waals surface area (Å²) in [5.41, 5.74) is -1.16. The van der Waals surface area contributed by atoms with Gasteiger partial charge in [0.1, 0.15) is 11.2 Å². The summed E-state index contributed by atoms with van der Waals surface area (Å²) in [6.07, 6.45) is 0.840. The van der Waals surface area contributed by atoms with Crippen molar-refractivity contribution in [2.24, 2.45) is 10.4 Å². The molecule has 0 aliphatic carbocycles. The van der Waals surface area contributed by atoms with Gasteiger partial charge in [-0.2, -0.15) is 0 Å². The number of piperidine rings is 1. The Hall–Kier alpha value is -1.79. The van der Waals surface area contributed by atoms with E-state index in [9.17, 15) is 9.59 Å². The van der Waals surface area contributed by atoms with Crippen LogP contribution in [0.2, 0.25) is 0 Å². The van der Waals surface area contributed by atoms with Crippen molar-refractivity contribution in [3.8, 4) is 0 Å². The second-order valence-electron chi connectivity index (χ2n) is 9.97. The number of carbonyl (C=O) groups excluding carboxylic acids is 2. The Balaban J connectivity index is 2.31. The summed E-state index contributed by atoms with van der Waals surface area (Å²) < 4.78 is 10.8. The van der Waals surface area contributed by atoms with E-state index >= 15 is 0 Å². The third kappa shape index (κ3) is 5.35. The fraction of sp³-hybridized carbons (Fsp3) is 0.842. The summed E-state index contributed by atoms with van der Waals surface area (Å²) in [5, 5.41) is 0. The molecule has 2 aliphatic rings. The molecule has 2 amide bonds. The molecule has 7 heteroatoms. The smallest absolute Gasteiger partial charge is 0.437 e. The highest BCUT2D eigenvalue weighted by atomic mass is 16.6. The molecular formula is C19H33N3O4. The Morgan fingerprint density at radius 3 is 2.19 bits per heavy atom. The summed E-state index contributed by atoms with van der Waals surface area (Å²) >= 11 is 0. The SMILES string of the molecule is CC1(C)CCC2CN(C(=O)OC(C)(C)C)/C(=N/C(=O)OC(C)(C)C)N2C1. The first kappa shape index (κ1) is 20.5. The van der Waals surface area contributed by atoms with Crippen LogP contribution in [0, 0.1) is 5.41 Å². The number of guanidine groups is 1. The van der Waals surface area contributed by atoms with Gasteiger partial charge in [0.2, 0.25) is 5.96 Å². The van der Waals surface area contributed by atoms with Crippen molar-refractivity contribution in [2.75, 3.05) is 13.1 Å². The molecule has 148 valence electrons. The highest BCUT2D eigenvalue weighted by Crippen LogP contribution is 2.36. The van der Waals surface area contributed by atoms with Crippen LogP contribution in [0.5, 0.6) is 0 Å². The zero-order chi connectivity index (χ0) is 19.9. The summed E-state index contributed by atoms with van der Waals surface area (Å²) in [6.45, 7) is 16.4. The summed E-state index contributed by atoms with van der Waals surface area (Å²) in [4.78, 5) is 32.7. The lowest BCUT2D eigenvalue weighted by molar-refractivity contribution is 0.0378. The molecule has 0 bridgehead atoms. The fourth-order valence-corrected chi connectivity index (χ4v) is 3.22. The minimum atomic E-state index is -0.690. The zero-order valence-corrected chi connectivity index (χ0v) is 17.4. The van der Waals surface area contributed by atoms with Gasteiger partial charge >= 0.3 is 12.2 Å². The van der Waals surface area contributed by atoms with Crippen LogP contribution in [0.15, 0.2) is 4.99 Å². The predicted molar refractivity (Wildman–Crippen MR) is 100 cm³/mol. The molecule has 2 rings (SSSR count). The third-order valence-electron chi connectivity index (χ3n) is 4.28. The molecule has 0 aromatic rings. The highest BCUT2D eigenvalue weighted by Gasteiger charge is 2.46. The van der Waals surface area contributed by atoms with Gasteiger partial charge in [-0.15, -0.1) is 4.99 Å². The van der Waals surface area contributed by atoms with Crippen LogP contribution < -0.4 is 0 Å².